The highest BCUT2D eigenvalue weighted by molar-refractivity contribution is 5.78. The van der Waals surface area contributed by atoms with Gasteiger partial charge >= 0.3 is 23.9 Å². The van der Waals surface area contributed by atoms with Crippen molar-refractivity contribution in [1.29, 1.82) is 0 Å². The molecule has 12 nitrogen and oxygen atoms in total. The number of ether oxygens (including phenoxy) is 6. The Labute approximate surface area is 268 Å². The summed E-state index contributed by atoms with van der Waals surface area (Å²) in [7, 11) is 0. The minimum atomic E-state index is -1.41. The van der Waals surface area contributed by atoms with Crippen LogP contribution in [0.3, 0.4) is 0 Å². The molecular weight excluding hydrogens is 588 g/mol. The molecule has 1 fully saturated rings. The number of rotatable bonds is 24. The Morgan fingerprint density at radius 1 is 0.644 bits per heavy atom. The van der Waals surface area contributed by atoms with E-state index in [0.717, 1.165) is 46.5 Å². The van der Waals surface area contributed by atoms with Gasteiger partial charge in [0.1, 0.15) is 18.5 Å². The molecule has 0 amide bonds. The van der Waals surface area contributed by atoms with Crippen molar-refractivity contribution in [3.63, 3.8) is 0 Å². The molecule has 1 aliphatic heterocycles. The fourth-order valence-corrected chi connectivity index (χ4v) is 5.29. The molecule has 1 N–H and O–H groups in total. The third-order valence-electron chi connectivity index (χ3n) is 7.42. The molecule has 260 valence electrons. The molecule has 1 saturated heterocycles. The van der Waals surface area contributed by atoms with Crippen LogP contribution in [0.15, 0.2) is 0 Å². The van der Waals surface area contributed by atoms with Crippen LogP contribution in [0.25, 0.3) is 0 Å². The van der Waals surface area contributed by atoms with E-state index in [1.54, 1.807) is 0 Å². The molecule has 0 bridgehead atoms. The SMILES string of the molecule is CCCCCCCCCCCCCCCC(=O)C[C@H](O)CO[C@@H]1O[C@H](COC(C)=O)[C@H](OC(C)=O)[C@H](OC(C)=O)[C@H]1OC(C)=O. The zero-order valence-corrected chi connectivity index (χ0v) is 27.9. The molecule has 0 radical (unpaired) electrons. The molecule has 0 aliphatic carbocycles. The lowest BCUT2D eigenvalue weighted by molar-refractivity contribution is -0.310. The van der Waals surface area contributed by atoms with Gasteiger partial charge < -0.3 is 33.5 Å². The number of hydrogen-bond donors (Lipinski definition) is 1. The maximum absolute atomic E-state index is 12.5. The van der Waals surface area contributed by atoms with Crippen molar-refractivity contribution in [3.05, 3.63) is 0 Å². The summed E-state index contributed by atoms with van der Waals surface area (Å²) in [4.78, 5) is 59.6. The molecule has 45 heavy (non-hydrogen) atoms. The van der Waals surface area contributed by atoms with Crippen LogP contribution in [0.2, 0.25) is 0 Å². The van der Waals surface area contributed by atoms with Crippen molar-refractivity contribution in [2.45, 2.75) is 168 Å². The molecule has 0 unspecified atom stereocenters. The van der Waals surface area contributed by atoms with Gasteiger partial charge in [-0.2, -0.15) is 0 Å². The van der Waals surface area contributed by atoms with E-state index in [0.29, 0.717) is 6.42 Å². The van der Waals surface area contributed by atoms with Crippen LogP contribution in [-0.2, 0) is 52.4 Å². The summed E-state index contributed by atoms with van der Waals surface area (Å²) in [6, 6.07) is 0. The summed E-state index contributed by atoms with van der Waals surface area (Å²) < 4.78 is 32.6. The van der Waals surface area contributed by atoms with Crippen LogP contribution in [-0.4, -0.2) is 84.8 Å². The van der Waals surface area contributed by atoms with Gasteiger partial charge in [0.15, 0.2) is 24.6 Å². The van der Waals surface area contributed by atoms with Crippen molar-refractivity contribution in [2.75, 3.05) is 13.2 Å². The first-order chi connectivity index (χ1) is 21.4. The van der Waals surface area contributed by atoms with Gasteiger partial charge in [-0.1, -0.05) is 84.0 Å². The predicted octanol–water partition coefficient (Wildman–Crippen LogP) is 4.89. The molecule has 1 heterocycles. The lowest BCUT2D eigenvalue weighted by Crippen LogP contribution is -2.63. The van der Waals surface area contributed by atoms with E-state index < -0.39 is 67.3 Å². The zero-order chi connectivity index (χ0) is 33.6. The van der Waals surface area contributed by atoms with Crippen molar-refractivity contribution >= 4 is 29.7 Å². The van der Waals surface area contributed by atoms with Gasteiger partial charge in [-0.3, -0.25) is 24.0 Å². The van der Waals surface area contributed by atoms with Crippen LogP contribution >= 0.6 is 0 Å². The normalized spacial score (nSPS) is 21.9. The number of unbranched alkanes of at least 4 members (excludes halogenated alkanes) is 12. The minimum absolute atomic E-state index is 0.101. The molecule has 0 aromatic rings. The standard InChI is InChI=1S/C33H56O12/c1-6-7-8-9-10-11-12-13-14-15-16-17-18-19-27(38)20-28(39)21-41-33-32(44-26(5)37)31(43-25(4)36)30(42-24(3)35)29(45-33)22-40-23(2)34/h28-33,39H,6-22H2,1-5H3/t28-,29+,30-,31-,32+,33+/m0/s1. The maximum Gasteiger partial charge on any atom is 0.303 e. The number of aliphatic hydroxyl groups excluding tert-OH is 1. The number of hydrogen-bond acceptors (Lipinski definition) is 12. The van der Waals surface area contributed by atoms with E-state index in [4.69, 9.17) is 28.4 Å². The van der Waals surface area contributed by atoms with Gasteiger partial charge in [0.05, 0.1) is 12.7 Å². The lowest BCUT2D eigenvalue weighted by Gasteiger charge is -2.44. The van der Waals surface area contributed by atoms with Gasteiger partial charge in [-0.15, -0.1) is 0 Å². The fraction of sp³-hybridized carbons (Fsp3) is 0.848. The summed E-state index contributed by atoms with van der Waals surface area (Å²) in [6.45, 7) is 6.02. The van der Waals surface area contributed by atoms with Gasteiger partial charge in [-0.25, -0.2) is 0 Å². The summed E-state index contributed by atoms with van der Waals surface area (Å²) >= 11 is 0. The van der Waals surface area contributed by atoms with E-state index in [1.807, 2.05) is 0 Å². The second kappa shape index (κ2) is 23.7. The molecule has 1 rings (SSSR count). The Kier molecular flexibility index (Phi) is 21.3. The molecule has 0 aromatic heterocycles. The third-order valence-corrected chi connectivity index (χ3v) is 7.42. The van der Waals surface area contributed by atoms with Gasteiger partial charge in [0.2, 0.25) is 0 Å². The second-order valence-electron chi connectivity index (χ2n) is 11.8. The van der Waals surface area contributed by atoms with Gasteiger partial charge in [0, 0.05) is 40.5 Å². The van der Waals surface area contributed by atoms with Crippen LogP contribution in [0.1, 0.15) is 131 Å². The minimum Gasteiger partial charge on any atom is -0.463 e. The van der Waals surface area contributed by atoms with E-state index in [-0.39, 0.29) is 18.8 Å². The van der Waals surface area contributed by atoms with Crippen molar-refractivity contribution in [2.24, 2.45) is 0 Å². The molecule has 0 spiro atoms. The first-order valence-electron chi connectivity index (χ1n) is 16.6. The average molecular weight is 645 g/mol. The topological polar surface area (TPSA) is 161 Å². The molecule has 0 aromatic carbocycles. The molecule has 0 saturated carbocycles. The summed E-state index contributed by atoms with van der Waals surface area (Å²) in [5.41, 5.74) is 0. The molecule has 12 heteroatoms. The number of carbonyl (C=O) groups is 5. The van der Waals surface area contributed by atoms with Gasteiger partial charge in [0.25, 0.3) is 0 Å². The average Bonchev–Trinajstić information content (AvgIpc) is 2.95. The van der Waals surface area contributed by atoms with Crippen molar-refractivity contribution in [3.8, 4) is 0 Å². The highest BCUT2D eigenvalue weighted by Gasteiger charge is 2.52. The molecular formula is C33H56O12. The predicted molar refractivity (Wildman–Crippen MR) is 164 cm³/mol. The number of Topliss-reactive ketones (excluding diaryl/α,β-unsaturated/α-hetero) is 1. The van der Waals surface area contributed by atoms with E-state index in [2.05, 4.69) is 6.92 Å². The summed E-state index contributed by atoms with van der Waals surface area (Å²) in [5.74, 6) is -3.01. The molecule has 1 aliphatic rings. The van der Waals surface area contributed by atoms with E-state index in [1.165, 1.54) is 64.7 Å². The number of aliphatic hydroxyl groups is 1. The van der Waals surface area contributed by atoms with Crippen molar-refractivity contribution < 1.29 is 57.5 Å². The molecule has 6 atom stereocenters. The Hall–Kier alpha value is -2.57. The largest absolute Gasteiger partial charge is 0.463 e. The van der Waals surface area contributed by atoms with E-state index in [9.17, 15) is 29.1 Å². The Morgan fingerprint density at radius 3 is 1.60 bits per heavy atom. The number of esters is 4. The smallest absolute Gasteiger partial charge is 0.303 e. The van der Waals surface area contributed by atoms with E-state index >= 15 is 0 Å². The summed E-state index contributed by atoms with van der Waals surface area (Å²) in [6.07, 6.45) is 8.11. The van der Waals surface area contributed by atoms with Crippen LogP contribution in [0.4, 0.5) is 0 Å². The highest BCUT2D eigenvalue weighted by atomic mass is 16.7. The Morgan fingerprint density at radius 2 is 1.11 bits per heavy atom. The third kappa shape index (κ3) is 18.9. The number of carbonyl (C=O) groups excluding carboxylic acids is 5. The van der Waals surface area contributed by atoms with Crippen LogP contribution in [0.5, 0.6) is 0 Å². The lowest BCUT2D eigenvalue weighted by atomic mass is 9.98. The first kappa shape index (κ1) is 40.5. The first-order valence-corrected chi connectivity index (χ1v) is 16.6. The fourth-order valence-electron chi connectivity index (χ4n) is 5.29. The summed E-state index contributed by atoms with van der Waals surface area (Å²) in [5, 5.41) is 10.5. The Bertz CT molecular complexity index is 891. The highest BCUT2D eigenvalue weighted by Crippen LogP contribution is 2.30. The monoisotopic (exact) mass is 644 g/mol. The maximum atomic E-state index is 12.5. The number of ketones is 1. The zero-order valence-electron chi connectivity index (χ0n) is 27.9. The van der Waals surface area contributed by atoms with Crippen LogP contribution in [0, 0.1) is 0 Å². The van der Waals surface area contributed by atoms with Crippen LogP contribution < -0.4 is 0 Å². The van der Waals surface area contributed by atoms with Gasteiger partial charge in [-0.05, 0) is 6.42 Å². The Balaban J connectivity index is 2.57. The van der Waals surface area contributed by atoms with Crippen molar-refractivity contribution in [1.82, 2.24) is 0 Å². The second-order valence-corrected chi connectivity index (χ2v) is 11.8. The quantitative estimate of drug-likeness (QED) is 0.0862.